The predicted molar refractivity (Wildman–Crippen MR) is 319 cm³/mol. The van der Waals surface area contributed by atoms with Crippen molar-refractivity contribution in [3.63, 3.8) is 0 Å². The van der Waals surface area contributed by atoms with Gasteiger partial charge in [0.1, 0.15) is 0 Å². The number of hydrogen-bond acceptors (Lipinski definition) is 2. The Morgan fingerprint density at radius 3 is 1.29 bits per heavy atom. The molecule has 4 bridgehead atoms. The van der Waals surface area contributed by atoms with E-state index in [1.807, 2.05) is 0 Å². The zero-order valence-corrected chi connectivity index (χ0v) is 49.4. The summed E-state index contributed by atoms with van der Waals surface area (Å²) in [6.45, 7) is 40.8. The Kier molecular flexibility index (Phi) is 8.58. The van der Waals surface area contributed by atoms with Crippen LogP contribution in [0.1, 0.15) is 243 Å². The van der Waals surface area contributed by atoms with Gasteiger partial charge in [-0.1, -0.05) is 137 Å². The van der Waals surface area contributed by atoms with Gasteiger partial charge in [0.2, 0.25) is 0 Å². The fraction of sp³-hybridized carbons (Fsp3) is 0.556. The van der Waals surface area contributed by atoms with Crippen molar-refractivity contribution in [1.82, 2.24) is 8.80 Å². The molecule has 4 heteroatoms. The lowest BCUT2D eigenvalue weighted by atomic mass is 9.33. The van der Waals surface area contributed by atoms with Crippen molar-refractivity contribution in [2.45, 2.75) is 222 Å². The first-order valence-corrected chi connectivity index (χ1v) is 30.0. The molecular formula is C72H84N2O2. The van der Waals surface area contributed by atoms with Crippen LogP contribution >= 0.6 is 0 Å². The number of benzene rings is 5. The molecule has 17 rings (SSSR count). The molecule has 9 aromatic rings. The van der Waals surface area contributed by atoms with Crippen molar-refractivity contribution in [2.75, 3.05) is 0 Å². The molecule has 5 aromatic carbocycles. The number of aromatic nitrogens is 2. The van der Waals surface area contributed by atoms with Gasteiger partial charge in [0.25, 0.3) is 0 Å². The van der Waals surface area contributed by atoms with Crippen LogP contribution in [-0.4, -0.2) is 20.4 Å². The van der Waals surface area contributed by atoms with Crippen LogP contribution in [0, 0.1) is 32.5 Å². The minimum Gasteiger partial charge on any atom is -0.308 e. The maximum atomic E-state index is 15.5. The van der Waals surface area contributed by atoms with Crippen molar-refractivity contribution in [3.05, 3.63) is 93.5 Å². The molecule has 0 N–H and O–H groups in total. The minimum absolute atomic E-state index is 0.00215. The Bertz CT molecular complexity index is 4150. The van der Waals surface area contributed by atoms with Crippen molar-refractivity contribution in [2.24, 2.45) is 32.5 Å². The van der Waals surface area contributed by atoms with E-state index in [4.69, 9.17) is 0 Å². The summed E-state index contributed by atoms with van der Waals surface area (Å²) >= 11 is 0. The van der Waals surface area contributed by atoms with Crippen LogP contribution < -0.4 is 0 Å². The Balaban J connectivity index is 1.11. The molecule has 4 heterocycles. The number of carbonyl (C=O) groups is 2. The fourth-order valence-corrected chi connectivity index (χ4v) is 19.2. The molecule has 394 valence electrons. The van der Waals surface area contributed by atoms with Crippen LogP contribution in [0.15, 0.2) is 54.6 Å². The Labute approximate surface area is 451 Å². The molecule has 0 atom stereocenters. The Hall–Kier alpha value is -4.96. The number of ketones is 2. The van der Waals surface area contributed by atoms with Crippen molar-refractivity contribution in [3.8, 4) is 0 Å². The summed E-state index contributed by atoms with van der Waals surface area (Å²) in [7, 11) is 0. The van der Waals surface area contributed by atoms with Gasteiger partial charge in [0.05, 0.1) is 33.1 Å². The number of fused-ring (bicyclic) bond motifs is 14. The summed E-state index contributed by atoms with van der Waals surface area (Å²) in [5.74, 6) is 0.712. The van der Waals surface area contributed by atoms with Crippen molar-refractivity contribution in [1.29, 1.82) is 0 Å². The van der Waals surface area contributed by atoms with Gasteiger partial charge in [-0.15, -0.1) is 0 Å². The third kappa shape index (κ3) is 5.15. The van der Waals surface area contributed by atoms with E-state index in [0.717, 1.165) is 56.1 Å². The molecule has 3 saturated carbocycles. The quantitative estimate of drug-likeness (QED) is 0.173. The first-order chi connectivity index (χ1) is 35.3. The normalized spacial score (nSPS) is 28.1. The summed E-state index contributed by atoms with van der Waals surface area (Å²) < 4.78 is 5.24. The molecule has 76 heavy (non-hydrogen) atoms. The average Bonchev–Trinajstić information content (AvgIpc) is 4.13. The van der Waals surface area contributed by atoms with Crippen LogP contribution in [0.4, 0.5) is 0 Å². The molecular weight excluding hydrogens is 925 g/mol. The summed E-state index contributed by atoms with van der Waals surface area (Å²) in [5.41, 5.74) is 15.3. The lowest BCUT2D eigenvalue weighted by molar-refractivity contribution is -0.0963. The second kappa shape index (κ2) is 13.5. The van der Waals surface area contributed by atoms with E-state index in [1.54, 1.807) is 0 Å². The number of nitrogens with zero attached hydrogens (tertiary/aromatic N) is 2. The first kappa shape index (κ1) is 48.2. The highest BCUT2D eigenvalue weighted by atomic mass is 16.1. The molecule has 4 aromatic heterocycles. The minimum atomic E-state index is -0.376. The molecule has 4 nitrogen and oxygen atoms in total. The van der Waals surface area contributed by atoms with Gasteiger partial charge < -0.3 is 8.80 Å². The standard InChI is InChI=1S/C72H84N2O2/c1-18-68(22-20-19-21-23-68)39-26-43-40-28-49-46(60(75)71(64(8,9)10)35-69(49,36-71)62(2,3)4)33-54(40)73-52-32-42-45-29-51-57(67(16,17)25-24-66(51,14)15)56-48-30-50-47(61(76)72(65(11,12)13)37-70(50,38-72)63(5,6)7)34-55(48)74(59(45)56)53(42)31-41(52)44(27-39)58(43)73/h26-34H,18-25,35-38H2,1-17H3. The maximum absolute atomic E-state index is 15.5. The SMILES string of the molecule is CCC1(c2cc3c4cc5c(cc4n4c6cc7c8cc9c(c%10c%11cc%12c(cc%11n(c7cc6c(c2)c34)c8%10)C(=O)C2(C(C)(C)C)CC%12(C(C)(C)C)C2)C(C)(C)CCC9(C)C)C(=O)C2(C(C)(C)C)CC5(C(C)(C)C)C2)CCCCC1. The molecule has 8 aliphatic rings. The third-order valence-electron chi connectivity index (χ3n) is 24.8. The van der Waals surface area contributed by atoms with E-state index in [-0.39, 0.29) is 59.6 Å². The molecule has 3 fully saturated rings. The highest BCUT2D eigenvalue weighted by Gasteiger charge is 2.72. The van der Waals surface area contributed by atoms with Gasteiger partial charge in [0.15, 0.2) is 11.6 Å². The molecule has 0 amide bonds. The van der Waals surface area contributed by atoms with E-state index in [0.29, 0.717) is 11.6 Å². The number of hydrogen-bond donors (Lipinski definition) is 0. The van der Waals surface area contributed by atoms with Crippen LogP contribution in [0.25, 0.3) is 76.2 Å². The van der Waals surface area contributed by atoms with E-state index in [2.05, 4.69) is 181 Å². The number of Topliss-reactive ketones (excluding diaryl/α,β-unsaturated/α-hetero) is 2. The largest absolute Gasteiger partial charge is 0.308 e. The van der Waals surface area contributed by atoms with Gasteiger partial charge in [-0.3, -0.25) is 9.59 Å². The summed E-state index contributed by atoms with van der Waals surface area (Å²) in [6.07, 6.45) is 13.4. The van der Waals surface area contributed by atoms with Gasteiger partial charge in [-0.2, -0.15) is 0 Å². The predicted octanol–water partition coefficient (Wildman–Crippen LogP) is 19.6. The van der Waals surface area contributed by atoms with Crippen LogP contribution in [0.5, 0.6) is 0 Å². The van der Waals surface area contributed by atoms with Gasteiger partial charge >= 0.3 is 0 Å². The molecule has 0 unspecified atom stereocenters. The second-order valence-electron chi connectivity index (χ2n) is 32.5. The maximum Gasteiger partial charge on any atom is 0.169 e. The Morgan fingerprint density at radius 2 is 0.816 bits per heavy atom. The molecule has 0 radical (unpaired) electrons. The van der Waals surface area contributed by atoms with Crippen LogP contribution in [0.2, 0.25) is 0 Å². The van der Waals surface area contributed by atoms with E-state index >= 15 is 9.59 Å². The topological polar surface area (TPSA) is 43.0 Å². The number of rotatable bonds is 2. The second-order valence-corrected chi connectivity index (χ2v) is 32.5. The van der Waals surface area contributed by atoms with E-state index < -0.39 is 0 Å². The number of carbonyl (C=O) groups excluding carboxylic acids is 2. The highest BCUT2D eigenvalue weighted by molar-refractivity contribution is 6.31. The monoisotopic (exact) mass is 1010 g/mol. The smallest absolute Gasteiger partial charge is 0.169 e. The first-order valence-electron chi connectivity index (χ1n) is 30.0. The molecule has 0 aliphatic heterocycles. The molecule has 0 spiro atoms. The van der Waals surface area contributed by atoms with Crippen LogP contribution in [0.3, 0.4) is 0 Å². The third-order valence-corrected chi connectivity index (χ3v) is 24.8. The Morgan fingerprint density at radius 1 is 0.421 bits per heavy atom. The van der Waals surface area contributed by atoms with E-state index in [9.17, 15) is 0 Å². The lowest BCUT2D eigenvalue weighted by Crippen LogP contribution is -2.67. The molecule has 8 aliphatic carbocycles. The van der Waals surface area contributed by atoms with Gasteiger partial charge in [-0.05, 0) is 178 Å². The summed E-state index contributed by atoms with van der Waals surface area (Å²) in [4.78, 5) is 31.0. The summed E-state index contributed by atoms with van der Waals surface area (Å²) in [6, 6.07) is 22.9. The highest BCUT2D eigenvalue weighted by Crippen LogP contribution is 2.75. The average molecular weight is 1010 g/mol. The molecule has 0 saturated heterocycles. The lowest BCUT2D eigenvalue weighted by Gasteiger charge is -2.69. The van der Waals surface area contributed by atoms with E-state index in [1.165, 1.54) is 136 Å². The van der Waals surface area contributed by atoms with Crippen molar-refractivity contribution >= 4 is 87.8 Å². The zero-order valence-electron chi connectivity index (χ0n) is 49.4. The van der Waals surface area contributed by atoms with Gasteiger partial charge in [0, 0.05) is 75.9 Å². The summed E-state index contributed by atoms with van der Waals surface area (Å²) in [5, 5.41) is 10.6. The van der Waals surface area contributed by atoms with Gasteiger partial charge in [-0.25, -0.2) is 0 Å². The van der Waals surface area contributed by atoms with Crippen LogP contribution in [-0.2, 0) is 27.1 Å². The fourth-order valence-electron chi connectivity index (χ4n) is 19.2. The van der Waals surface area contributed by atoms with Crippen molar-refractivity contribution < 1.29 is 9.59 Å². The zero-order chi connectivity index (χ0) is 53.8.